The van der Waals surface area contributed by atoms with Gasteiger partial charge in [0.2, 0.25) is 0 Å². The molecule has 0 fully saturated rings. The first kappa shape index (κ1) is 16.5. The van der Waals surface area contributed by atoms with E-state index in [0.29, 0.717) is 0 Å². The largest absolute Gasteiger partial charge is 0.479 e. The maximum Gasteiger partial charge on any atom is 0.408 e. The number of carbonyl (C=O) groups is 2. The van der Waals surface area contributed by atoms with Crippen LogP contribution in [0.25, 0.3) is 0 Å². The van der Waals surface area contributed by atoms with Crippen LogP contribution in [0.15, 0.2) is 54.6 Å². The number of rotatable bonds is 5. The van der Waals surface area contributed by atoms with Gasteiger partial charge >= 0.3 is 12.1 Å². The zero-order valence-electron chi connectivity index (χ0n) is 12.5. The van der Waals surface area contributed by atoms with Crippen molar-refractivity contribution in [1.29, 1.82) is 0 Å². The lowest BCUT2D eigenvalue weighted by Gasteiger charge is -2.26. The maximum absolute atomic E-state index is 13.0. The number of benzene rings is 2. The van der Waals surface area contributed by atoms with Gasteiger partial charge in [-0.05, 0) is 30.2 Å². The molecule has 0 saturated carbocycles. The molecule has 2 N–H and O–H groups in total. The number of carboxylic acids is 1. The molecule has 0 saturated heterocycles. The minimum absolute atomic E-state index is 0.0196. The number of ether oxygens (including phenoxy) is 1. The Kier molecular flexibility index (Phi) is 4.95. The summed E-state index contributed by atoms with van der Waals surface area (Å²) in [7, 11) is 0. The van der Waals surface area contributed by atoms with Crippen LogP contribution in [-0.2, 0) is 21.7 Å². The lowest BCUT2D eigenvalue weighted by molar-refractivity contribution is -0.144. The van der Waals surface area contributed by atoms with Gasteiger partial charge in [0, 0.05) is 0 Å². The molecule has 0 spiro atoms. The molecule has 2 aromatic carbocycles. The second-order valence-electron chi connectivity index (χ2n) is 5.12. The Morgan fingerprint density at radius 3 is 2.30 bits per heavy atom. The molecule has 120 valence electrons. The summed E-state index contributed by atoms with van der Waals surface area (Å²) < 4.78 is 18.0. The number of carbonyl (C=O) groups excluding carboxylic acids is 1. The predicted molar refractivity (Wildman–Crippen MR) is 81.2 cm³/mol. The highest BCUT2D eigenvalue weighted by Gasteiger charge is 2.37. The fourth-order valence-electron chi connectivity index (χ4n) is 2.00. The number of hydrogen-bond acceptors (Lipinski definition) is 3. The Morgan fingerprint density at radius 1 is 1.13 bits per heavy atom. The minimum atomic E-state index is -1.72. The Morgan fingerprint density at radius 2 is 1.74 bits per heavy atom. The average molecular weight is 317 g/mol. The van der Waals surface area contributed by atoms with Crippen LogP contribution in [-0.4, -0.2) is 17.2 Å². The molecule has 5 nitrogen and oxygen atoms in total. The van der Waals surface area contributed by atoms with Crippen molar-refractivity contribution in [3.05, 3.63) is 71.5 Å². The SMILES string of the molecule is CC(NC(=O)OCc1ccccc1)(C(=O)O)c1ccc(F)cc1. The summed E-state index contributed by atoms with van der Waals surface area (Å²) in [5.74, 6) is -1.77. The smallest absolute Gasteiger partial charge is 0.408 e. The summed E-state index contributed by atoms with van der Waals surface area (Å²) in [6.07, 6.45) is -0.872. The van der Waals surface area contributed by atoms with Crippen molar-refractivity contribution in [2.24, 2.45) is 0 Å². The molecule has 1 atom stereocenters. The van der Waals surface area contributed by atoms with E-state index in [1.54, 1.807) is 24.3 Å². The first-order valence-electron chi connectivity index (χ1n) is 6.90. The lowest BCUT2D eigenvalue weighted by Crippen LogP contribution is -2.49. The van der Waals surface area contributed by atoms with Gasteiger partial charge in [0.05, 0.1) is 0 Å². The number of amides is 1. The summed E-state index contributed by atoms with van der Waals surface area (Å²) in [5.41, 5.74) is -0.703. The molecule has 1 unspecified atom stereocenters. The van der Waals surface area contributed by atoms with Crippen molar-refractivity contribution in [2.45, 2.75) is 19.1 Å². The maximum atomic E-state index is 13.0. The molecule has 0 aromatic heterocycles. The van der Waals surface area contributed by atoms with Gasteiger partial charge in [0.1, 0.15) is 12.4 Å². The zero-order valence-corrected chi connectivity index (χ0v) is 12.5. The van der Waals surface area contributed by atoms with E-state index in [-0.39, 0.29) is 12.2 Å². The van der Waals surface area contributed by atoms with E-state index < -0.39 is 23.4 Å². The van der Waals surface area contributed by atoms with Gasteiger partial charge < -0.3 is 15.2 Å². The van der Waals surface area contributed by atoms with E-state index in [2.05, 4.69) is 5.32 Å². The van der Waals surface area contributed by atoms with Gasteiger partial charge in [-0.25, -0.2) is 14.0 Å². The van der Waals surface area contributed by atoms with Gasteiger partial charge in [-0.15, -0.1) is 0 Å². The number of hydrogen-bond donors (Lipinski definition) is 2. The van der Waals surface area contributed by atoms with Crippen molar-refractivity contribution in [2.75, 3.05) is 0 Å². The summed E-state index contributed by atoms with van der Waals surface area (Å²) >= 11 is 0. The first-order chi connectivity index (χ1) is 10.9. The molecule has 0 aliphatic carbocycles. The van der Waals surface area contributed by atoms with Gasteiger partial charge in [0.15, 0.2) is 5.54 Å². The van der Waals surface area contributed by atoms with Crippen molar-refractivity contribution >= 4 is 12.1 Å². The zero-order chi connectivity index (χ0) is 16.9. The molecule has 6 heteroatoms. The van der Waals surface area contributed by atoms with Gasteiger partial charge in [0.25, 0.3) is 0 Å². The van der Waals surface area contributed by atoms with E-state index in [0.717, 1.165) is 17.7 Å². The normalized spacial score (nSPS) is 13.0. The monoisotopic (exact) mass is 317 g/mol. The quantitative estimate of drug-likeness (QED) is 0.888. The van der Waals surface area contributed by atoms with Gasteiger partial charge in [-0.1, -0.05) is 42.5 Å². The van der Waals surface area contributed by atoms with Gasteiger partial charge in [-0.3, -0.25) is 0 Å². The van der Waals surface area contributed by atoms with E-state index >= 15 is 0 Å². The highest BCUT2D eigenvalue weighted by molar-refractivity contribution is 5.85. The molecule has 2 rings (SSSR count). The Balaban J connectivity index is 2.08. The van der Waals surface area contributed by atoms with Crippen molar-refractivity contribution in [1.82, 2.24) is 5.32 Å². The number of nitrogens with one attached hydrogen (secondary N) is 1. The molecular weight excluding hydrogens is 301 g/mol. The predicted octanol–water partition coefficient (Wildman–Crippen LogP) is 3.05. The molecule has 2 aromatic rings. The van der Waals surface area contributed by atoms with E-state index in [4.69, 9.17) is 4.74 Å². The Bertz CT molecular complexity index is 687. The highest BCUT2D eigenvalue weighted by Crippen LogP contribution is 2.22. The third-order valence-corrected chi connectivity index (χ3v) is 3.41. The summed E-state index contributed by atoms with van der Waals surface area (Å²) in [4.78, 5) is 23.5. The van der Waals surface area contributed by atoms with Crippen molar-refractivity contribution < 1.29 is 23.8 Å². The van der Waals surface area contributed by atoms with Crippen LogP contribution < -0.4 is 5.32 Å². The molecule has 23 heavy (non-hydrogen) atoms. The van der Waals surface area contributed by atoms with Crippen LogP contribution in [0.2, 0.25) is 0 Å². The second kappa shape index (κ2) is 6.91. The molecule has 0 aliphatic heterocycles. The minimum Gasteiger partial charge on any atom is -0.479 e. The van der Waals surface area contributed by atoms with Crippen molar-refractivity contribution in [3.63, 3.8) is 0 Å². The van der Waals surface area contributed by atoms with Crippen LogP contribution in [0.1, 0.15) is 18.1 Å². The molecule has 0 aliphatic rings. The van der Waals surface area contributed by atoms with E-state index in [9.17, 15) is 19.1 Å². The van der Waals surface area contributed by atoms with Crippen LogP contribution in [0.3, 0.4) is 0 Å². The fourth-order valence-corrected chi connectivity index (χ4v) is 2.00. The van der Waals surface area contributed by atoms with E-state index in [1.807, 2.05) is 6.07 Å². The van der Waals surface area contributed by atoms with E-state index in [1.165, 1.54) is 19.1 Å². The number of aliphatic carboxylic acids is 1. The molecule has 0 bridgehead atoms. The summed E-state index contributed by atoms with van der Waals surface area (Å²) in [6, 6.07) is 13.9. The number of alkyl carbamates (subject to hydrolysis) is 1. The summed E-state index contributed by atoms with van der Waals surface area (Å²) in [5, 5.41) is 11.7. The van der Waals surface area contributed by atoms with Gasteiger partial charge in [-0.2, -0.15) is 0 Å². The highest BCUT2D eigenvalue weighted by atomic mass is 19.1. The fraction of sp³-hybridized carbons (Fsp3) is 0.176. The Labute approximate surface area is 132 Å². The first-order valence-corrected chi connectivity index (χ1v) is 6.90. The second-order valence-corrected chi connectivity index (χ2v) is 5.12. The number of halogens is 1. The van der Waals surface area contributed by atoms with Crippen LogP contribution in [0, 0.1) is 5.82 Å². The summed E-state index contributed by atoms with van der Waals surface area (Å²) in [6.45, 7) is 1.33. The molecule has 0 radical (unpaired) electrons. The average Bonchev–Trinajstić information content (AvgIpc) is 2.54. The standard InChI is InChI=1S/C17H16FNO4/c1-17(15(20)21,13-7-9-14(18)10-8-13)19-16(22)23-11-12-5-3-2-4-6-12/h2-10H,11H2,1H3,(H,19,22)(H,20,21). The molecule has 0 heterocycles. The molecular formula is C17H16FNO4. The van der Waals surface area contributed by atoms with Crippen LogP contribution in [0.5, 0.6) is 0 Å². The third-order valence-electron chi connectivity index (χ3n) is 3.41. The molecule has 1 amide bonds. The topological polar surface area (TPSA) is 75.6 Å². The third kappa shape index (κ3) is 4.06. The Hall–Kier alpha value is -2.89. The van der Waals surface area contributed by atoms with Crippen LogP contribution >= 0.6 is 0 Å². The number of carboxylic acid groups (broad SMARTS) is 1. The lowest BCUT2D eigenvalue weighted by atomic mass is 9.92. The van der Waals surface area contributed by atoms with Crippen LogP contribution in [0.4, 0.5) is 9.18 Å². The van der Waals surface area contributed by atoms with Crippen molar-refractivity contribution in [3.8, 4) is 0 Å².